The summed E-state index contributed by atoms with van der Waals surface area (Å²) in [7, 11) is 0. The number of nitrogens with zero attached hydrogens (tertiary/aromatic N) is 3. The van der Waals surface area contributed by atoms with Crippen LogP contribution in [0.25, 0.3) is 11.5 Å². The lowest BCUT2D eigenvalue weighted by Crippen LogP contribution is -2.47. The molecule has 0 unspecified atom stereocenters. The quantitative estimate of drug-likeness (QED) is 0.688. The zero-order valence-corrected chi connectivity index (χ0v) is 16.2. The van der Waals surface area contributed by atoms with E-state index in [0.29, 0.717) is 5.56 Å². The van der Waals surface area contributed by atoms with Gasteiger partial charge in [-0.3, -0.25) is 9.59 Å². The van der Waals surface area contributed by atoms with Gasteiger partial charge in [-0.1, -0.05) is 18.2 Å². The molecule has 0 aliphatic carbocycles. The lowest BCUT2D eigenvalue weighted by molar-refractivity contribution is -0.161. The van der Waals surface area contributed by atoms with Crippen LogP contribution in [0.4, 0.5) is 0 Å². The number of ether oxygens (including phenoxy) is 1. The summed E-state index contributed by atoms with van der Waals surface area (Å²) in [6.07, 6.45) is -0.960. The van der Waals surface area contributed by atoms with Gasteiger partial charge in [-0.25, -0.2) is 4.79 Å². The highest BCUT2D eigenvalue weighted by molar-refractivity contribution is 5.83. The first-order valence-electron chi connectivity index (χ1n) is 8.85. The van der Waals surface area contributed by atoms with Gasteiger partial charge < -0.3 is 14.1 Å². The van der Waals surface area contributed by atoms with Crippen LogP contribution in [-0.4, -0.2) is 44.7 Å². The molecule has 1 atom stereocenters. The number of amides is 1. The predicted molar refractivity (Wildman–Crippen MR) is 98.9 cm³/mol. The second-order valence-electron chi connectivity index (χ2n) is 6.76. The Morgan fingerprint density at radius 1 is 1.11 bits per heavy atom. The lowest BCUT2D eigenvalue weighted by atomic mass is 10.2. The van der Waals surface area contributed by atoms with Gasteiger partial charge in [-0.05, 0) is 46.8 Å². The van der Waals surface area contributed by atoms with Crippen LogP contribution >= 0.6 is 0 Å². The topological polar surface area (TPSA) is 94.6 Å². The molecule has 0 bridgehead atoms. The molecule has 1 heterocycles. The first kappa shape index (κ1) is 20.4. The standard InChI is InChI=1S/C19H25N3O5/c1-12(2)22(13(3)4)18(24)14(5)26-16(23)11-21-19(25)27-17(20-21)15-9-7-6-8-10-15/h6-10,12-14H,11H2,1-5H3/t14-/m1/s1. The maximum atomic E-state index is 12.5. The Labute approximate surface area is 157 Å². The molecule has 146 valence electrons. The second-order valence-corrected chi connectivity index (χ2v) is 6.76. The number of carbonyl (C=O) groups is 2. The number of aromatic nitrogens is 2. The van der Waals surface area contributed by atoms with Crippen molar-refractivity contribution in [3.05, 3.63) is 40.9 Å². The number of carbonyl (C=O) groups excluding carboxylic acids is 2. The summed E-state index contributed by atoms with van der Waals surface area (Å²) in [4.78, 5) is 38.2. The van der Waals surface area contributed by atoms with Crippen LogP contribution in [-0.2, 0) is 20.9 Å². The fourth-order valence-corrected chi connectivity index (χ4v) is 2.83. The van der Waals surface area contributed by atoms with E-state index >= 15 is 0 Å². The SMILES string of the molecule is CC(C)N(C(=O)[C@@H](C)OC(=O)Cn1nc(-c2ccccc2)oc1=O)C(C)C. The van der Waals surface area contributed by atoms with Crippen molar-refractivity contribution < 1.29 is 18.7 Å². The molecule has 1 amide bonds. The van der Waals surface area contributed by atoms with Crippen molar-refractivity contribution in [1.29, 1.82) is 0 Å². The van der Waals surface area contributed by atoms with Crippen LogP contribution in [0.5, 0.6) is 0 Å². The summed E-state index contributed by atoms with van der Waals surface area (Å²) < 4.78 is 11.1. The Hall–Kier alpha value is -2.90. The fraction of sp³-hybridized carbons (Fsp3) is 0.474. The lowest BCUT2D eigenvalue weighted by Gasteiger charge is -2.32. The highest BCUT2D eigenvalue weighted by atomic mass is 16.5. The third kappa shape index (κ3) is 5.06. The average molecular weight is 375 g/mol. The first-order valence-corrected chi connectivity index (χ1v) is 8.85. The van der Waals surface area contributed by atoms with Crippen molar-refractivity contribution in [2.75, 3.05) is 0 Å². The summed E-state index contributed by atoms with van der Waals surface area (Å²) >= 11 is 0. The molecule has 0 aliphatic rings. The van der Waals surface area contributed by atoms with Crippen molar-refractivity contribution in [3.63, 3.8) is 0 Å². The molecule has 0 saturated carbocycles. The van der Waals surface area contributed by atoms with Crippen LogP contribution in [0.3, 0.4) is 0 Å². The average Bonchev–Trinajstić information content (AvgIpc) is 2.95. The van der Waals surface area contributed by atoms with E-state index in [1.807, 2.05) is 33.8 Å². The minimum absolute atomic E-state index is 0.0229. The number of benzene rings is 1. The highest BCUT2D eigenvalue weighted by Crippen LogP contribution is 2.14. The Kier molecular flexibility index (Phi) is 6.55. The Bertz CT molecular complexity index is 831. The summed E-state index contributed by atoms with van der Waals surface area (Å²) in [6, 6.07) is 8.82. The van der Waals surface area contributed by atoms with E-state index in [9.17, 15) is 14.4 Å². The maximum Gasteiger partial charge on any atom is 0.437 e. The van der Waals surface area contributed by atoms with E-state index < -0.39 is 24.4 Å². The van der Waals surface area contributed by atoms with Gasteiger partial charge in [0, 0.05) is 17.6 Å². The molecule has 27 heavy (non-hydrogen) atoms. The molecule has 0 fully saturated rings. The highest BCUT2D eigenvalue weighted by Gasteiger charge is 2.28. The van der Waals surface area contributed by atoms with Crippen LogP contribution in [0.1, 0.15) is 34.6 Å². The molecular weight excluding hydrogens is 350 g/mol. The smallest absolute Gasteiger partial charge is 0.437 e. The van der Waals surface area contributed by atoms with E-state index in [1.165, 1.54) is 6.92 Å². The fourth-order valence-electron chi connectivity index (χ4n) is 2.83. The summed E-state index contributed by atoms with van der Waals surface area (Å²) in [5, 5.41) is 4.01. The third-order valence-electron chi connectivity index (χ3n) is 3.93. The second kappa shape index (κ2) is 8.66. The van der Waals surface area contributed by atoms with E-state index in [0.717, 1.165) is 4.68 Å². The van der Waals surface area contributed by atoms with Gasteiger partial charge in [0.1, 0.15) is 6.54 Å². The molecule has 1 aromatic carbocycles. The van der Waals surface area contributed by atoms with Crippen LogP contribution in [0, 0.1) is 0 Å². The van der Waals surface area contributed by atoms with E-state index in [1.54, 1.807) is 29.2 Å². The number of hydrogen-bond acceptors (Lipinski definition) is 6. The molecule has 0 saturated heterocycles. The van der Waals surface area contributed by atoms with Crippen LogP contribution < -0.4 is 5.76 Å². The molecule has 2 rings (SSSR count). The van der Waals surface area contributed by atoms with Crippen molar-refractivity contribution >= 4 is 11.9 Å². The Morgan fingerprint density at radius 2 is 1.70 bits per heavy atom. The van der Waals surface area contributed by atoms with Crippen molar-refractivity contribution in [2.24, 2.45) is 0 Å². The molecule has 0 radical (unpaired) electrons. The van der Waals surface area contributed by atoms with Crippen molar-refractivity contribution in [2.45, 2.75) is 59.4 Å². The molecule has 2 aromatic rings. The van der Waals surface area contributed by atoms with Gasteiger partial charge in [-0.2, -0.15) is 4.68 Å². The van der Waals surface area contributed by atoms with Crippen LogP contribution in [0.15, 0.2) is 39.5 Å². The summed E-state index contributed by atoms with van der Waals surface area (Å²) in [6.45, 7) is 8.66. The van der Waals surface area contributed by atoms with Gasteiger partial charge in [0.25, 0.3) is 5.91 Å². The Morgan fingerprint density at radius 3 is 2.26 bits per heavy atom. The zero-order valence-electron chi connectivity index (χ0n) is 16.2. The van der Waals surface area contributed by atoms with Gasteiger partial charge in [-0.15, -0.1) is 5.10 Å². The summed E-state index contributed by atoms with van der Waals surface area (Å²) in [5.74, 6) is -1.68. The summed E-state index contributed by atoms with van der Waals surface area (Å²) in [5.41, 5.74) is 0.620. The van der Waals surface area contributed by atoms with Gasteiger partial charge in [0.2, 0.25) is 5.89 Å². The Balaban J connectivity index is 2.04. The minimum atomic E-state index is -0.960. The number of esters is 1. The van der Waals surface area contributed by atoms with Gasteiger partial charge >= 0.3 is 11.7 Å². The van der Waals surface area contributed by atoms with E-state index in [4.69, 9.17) is 9.15 Å². The predicted octanol–water partition coefficient (Wildman–Crippen LogP) is 2.08. The zero-order chi connectivity index (χ0) is 20.1. The number of rotatable bonds is 7. The normalized spacial score (nSPS) is 12.3. The van der Waals surface area contributed by atoms with Crippen molar-refractivity contribution in [1.82, 2.24) is 14.7 Å². The maximum absolute atomic E-state index is 12.5. The molecule has 0 N–H and O–H groups in total. The molecule has 1 aromatic heterocycles. The minimum Gasteiger partial charge on any atom is -0.451 e. The molecule has 8 nitrogen and oxygen atoms in total. The monoisotopic (exact) mass is 375 g/mol. The van der Waals surface area contributed by atoms with E-state index in [2.05, 4.69) is 5.10 Å². The van der Waals surface area contributed by atoms with Gasteiger partial charge in [0.15, 0.2) is 6.10 Å². The van der Waals surface area contributed by atoms with Crippen LogP contribution in [0.2, 0.25) is 0 Å². The largest absolute Gasteiger partial charge is 0.451 e. The third-order valence-corrected chi connectivity index (χ3v) is 3.93. The van der Waals surface area contributed by atoms with Gasteiger partial charge in [0.05, 0.1) is 0 Å². The number of hydrogen-bond donors (Lipinski definition) is 0. The first-order chi connectivity index (χ1) is 12.7. The molecule has 8 heteroatoms. The molecule has 0 spiro atoms. The van der Waals surface area contributed by atoms with E-state index in [-0.39, 0.29) is 23.9 Å². The molecule has 0 aliphatic heterocycles. The van der Waals surface area contributed by atoms with Crippen molar-refractivity contribution in [3.8, 4) is 11.5 Å². The molecular formula is C19H25N3O5.